The molecule has 1 aromatic heterocycles. The fourth-order valence-electron chi connectivity index (χ4n) is 3.45. The predicted molar refractivity (Wildman–Crippen MR) is 101 cm³/mol. The average molecular weight is 371 g/mol. The smallest absolute Gasteiger partial charge is 0.308 e. The molecule has 1 saturated carbocycles. The van der Waals surface area contributed by atoms with Crippen LogP contribution in [-0.2, 0) is 20.9 Å². The lowest BCUT2D eigenvalue weighted by atomic mass is 10.1. The van der Waals surface area contributed by atoms with Crippen LogP contribution < -0.4 is 10.7 Å². The van der Waals surface area contributed by atoms with E-state index in [4.69, 9.17) is 4.74 Å². The van der Waals surface area contributed by atoms with Gasteiger partial charge >= 0.3 is 5.97 Å². The van der Waals surface area contributed by atoms with Crippen LogP contribution in [0.15, 0.2) is 35.3 Å². The van der Waals surface area contributed by atoms with E-state index in [1.807, 2.05) is 6.07 Å². The molecule has 1 aliphatic rings. The summed E-state index contributed by atoms with van der Waals surface area (Å²) in [6.45, 7) is 0.0253. The van der Waals surface area contributed by atoms with Gasteiger partial charge in [-0.05, 0) is 25.0 Å². The summed E-state index contributed by atoms with van der Waals surface area (Å²) in [4.78, 5) is 35.8. The van der Waals surface area contributed by atoms with Crippen LogP contribution in [0.5, 0.6) is 0 Å². The molecule has 1 fully saturated rings. The van der Waals surface area contributed by atoms with Crippen LogP contribution in [-0.4, -0.2) is 34.3 Å². The second kappa shape index (κ2) is 9.30. The molecular formula is C20H25N3O4. The Labute approximate surface area is 157 Å². The number of benzene rings is 1. The molecule has 7 nitrogen and oxygen atoms in total. The minimum absolute atomic E-state index is 0.0799. The van der Waals surface area contributed by atoms with Gasteiger partial charge in [0.05, 0.1) is 24.7 Å². The fraction of sp³-hybridized carbons (Fsp3) is 0.500. The number of carbonyl (C=O) groups is 2. The maximum Gasteiger partial charge on any atom is 0.308 e. The number of hydrogen-bond acceptors (Lipinski definition) is 5. The van der Waals surface area contributed by atoms with Crippen LogP contribution in [0.3, 0.4) is 0 Å². The van der Waals surface area contributed by atoms with Gasteiger partial charge in [0.2, 0.25) is 5.43 Å². The third kappa shape index (κ3) is 5.39. The molecule has 144 valence electrons. The molecule has 1 aliphatic carbocycles. The molecule has 1 aromatic carbocycles. The zero-order valence-electron chi connectivity index (χ0n) is 15.4. The summed E-state index contributed by atoms with van der Waals surface area (Å²) < 4.78 is 6.68. The van der Waals surface area contributed by atoms with Crippen molar-refractivity contribution in [2.75, 3.05) is 6.61 Å². The summed E-state index contributed by atoms with van der Waals surface area (Å²) in [5, 5.41) is 7.59. The summed E-state index contributed by atoms with van der Waals surface area (Å²) in [5.41, 5.74) is 0.517. The van der Waals surface area contributed by atoms with Crippen LogP contribution in [0.25, 0.3) is 10.9 Å². The number of aryl methyl sites for hydroxylation is 1. The minimum atomic E-state index is -0.462. The number of nitrogens with one attached hydrogen (secondary N) is 1. The number of fused-ring (bicyclic) bond motifs is 1. The van der Waals surface area contributed by atoms with E-state index >= 15 is 0 Å². The van der Waals surface area contributed by atoms with E-state index < -0.39 is 5.97 Å². The van der Waals surface area contributed by atoms with Crippen molar-refractivity contribution in [3.05, 3.63) is 40.7 Å². The highest BCUT2D eigenvalue weighted by molar-refractivity contribution is 5.81. The molecule has 1 heterocycles. The molecular weight excluding hydrogens is 346 g/mol. The van der Waals surface area contributed by atoms with E-state index in [0.717, 1.165) is 25.7 Å². The van der Waals surface area contributed by atoms with Gasteiger partial charge in [-0.2, -0.15) is 5.10 Å². The van der Waals surface area contributed by atoms with Gasteiger partial charge in [-0.3, -0.25) is 19.1 Å². The molecule has 0 saturated heterocycles. The van der Waals surface area contributed by atoms with Gasteiger partial charge in [-0.1, -0.05) is 37.8 Å². The first kappa shape index (κ1) is 19.1. The molecule has 2 aromatic rings. The Hall–Kier alpha value is -2.70. The first-order valence-electron chi connectivity index (χ1n) is 9.53. The zero-order valence-corrected chi connectivity index (χ0v) is 15.4. The first-order chi connectivity index (χ1) is 13.1. The van der Waals surface area contributed by atoms with Gasteiger partial charge in [0.25, 0.3) is 5.91 Å². The highest BCUT2D eigenvalue weighted by Crippen LogP contribution is 2.17. The Bertz CT molecular complexity index is 854. The number of esters is 1. The number of carbonyl (C=O) groups excluding carboxylic acids is 2. The van der Waals surface area contributed by atoms with E-state index in [-0.39, 0.29) is 37.0 Å². The van der Waals surface area contributed by atoms with Gasteiger partial charge < -0.3 is 10.1 Å². The zero-order chi connectivity index (χ0) is 19.1. The van der Waals surface area contributed by atoms with Crippen molar-refractivity contribution in [3.8, 4) is 0 Å². The molecule has 3 rings (SSSR count). The summed E-state index contributed by atoms with van der Waals surface area (Å²) in [5.74, 6) is -0.710. The first-order valence-corrected chi connectivity index (χ1v) is 9.53. The third-order valence-corrected chi connectivity index (χ3v) is 4.87. The number of amides is 1. The molecule has 0 aliphatic heterocycles. The lowest BCUT2D eigenvalue weighted by Gasteiger charge is -2.16. The number of para-hydroxylation sites is 1. The standard InChI is InChI=1S/C20H25N3O4/c24-18-13-21-23(17-10-6-5-9-16(17)18)12-11-20(26)27-14-19(25)22-15-7-3-1-2-4-8-15/h5-6,9-10,13,15H,1-4,7-8,11-12,14H2,(H,22,25). The summed E-state index contributed by atoms with van der Waals surface area (Å²) in [7, 11) is 0. The van der Waals surface area contributed by atoms with Crippen LogP contribution in [0.1, 0.15) is 44.9 Å². The van der Waals surface area contributed by atoms with Gasteiger partial charge in [0.1, 0.15) is 0 Å². The van der Waals surface area contributed by atoms with Gasteiger partial charge in [0, 0.05) is 11.4 Å². The molecule has 0 radical (unpaired) electrons. The minimum Gasteiger partial charge on any atom is -0.456 e. The monoisotopic (exact) mass is 371 g/mol. The molecule has 1 N–H and O–H groups in total. The Morgan fingerprint density at radius 2 is 1.89 bits per heavy atom. The summed E-state index contributed by atoms with van der Waals surface area (Å²) >= 11 is 0. The van der Waals surface area contributed by atoms with E-state index in [1.54, 1.807) is 22.9 Å². The van der Waals surface area contributed by atoms with Crippen molar-refractivity contribution < 1.29 is 14.3 Å². The quantitative estimate of drug-likeness (QED) is 0.621. The highest BCUT2D eigenvalue weighted by atomic mass is 16.5. The van der Waals surface area contributed by atoms with Crippen molar-refractivity contribution in [1.29, 1.82) is 0 Å². The number of ether oxygens (including phenoxy) is 1. The second-order valence-corrected chi connectivity index (χ2v) is 6.92. The predicted octanol–water partition coefficient (Wildman–Crippen LogP) is 2.17. The van der Waals surface area contributed by atoms with E-state index in [0.29, 0.717) is 10.9 Å². The number of nitrogens with zero attached hydrogens (tertiary/aromatic N) is 2. The summed E-state index contributed by atoms with van der Waals surface area (Å²) in [6, 6.07) is 7.31. The third-order valence-electron chi connectivity index (χ3n) is 4.87. The van der Waals surface area contributed by atoms with E-state index in [1.165, 1.54) is 19.0 Å². The van der Waals surface area contributed by atoms with Gasteiger partial charge in [-0.15, -0.1) is 0 Å². The van der Waals surface area contributed by atoms with Crippen LogP contribution in [0, 0.1) is 0 Å². The molecule has 1 amide bonds. The highest BCUT2D eigenvalue weighted by Gasteiger charge is 2.16. The topological polar surface area (TPSA) is 90.3 Å². The van der Waals surface area contributed by atoms with E-state index in [9.17, 15) is 14.4 Å². The Morgan fingerprint density at radius 3 is 2.67 bits per heavy atom. The fourth-order valence-corrected chi connectivity index (χ4v) is 3.45. The number of hydrogen-bond donors (Lipinski definition) is 1. The lowest BCUT2D eigenvalue weighted by molar-refractivity contribution is -0.149. The molecule has 27 heavy (non-hydrogen) atoms. The molecule has 0 bridgehead atoms. The summed E-state index contributed by atoms with van der Waals surface area (Å²) in [6.07, 6.45) is 8.00. The normalized spacial score (nSPS) is 15.3. The Balaban J connectivity index is 1.47. The molecule has 0 spiro atoms. The van der Waals surface area contributed by atoms with Crippen LogP contribution >= 0.6 is 0 Å². The number of rotatable bonds is 6. The molecule has 0 unspecified atom stereocenters. The molecule has 7 heteroatoms. The maximum absolute atomic E-state index is 12.0. The molecule has 0 atom stereocenters. The Kier molecular flexibility index (Phi) is 6.57. The van der Waals surface area contributed by atoms with Crippen LogP contribution in [0.4, 0.5) is 0 Å². The van der Waals surface area contributed by atoms with Crippen molar-refractivity contribution in [3.63, 3.8) is 0 Å². The lowest BCUT2D eigenvalue weighted by Crippen LogP contribution is -2.37. The second-order valence-electron chi connectivity index (χ2n) is 6.92. The number of aromatic nitrogens is 2. The largest absolute Gasteiger partial charge is 0.456 e. The Morgan fingerprint density at radius 1 is 1.15 bits per heavy atom. The SMILES string of the molecule is O=C(COC(=O)CCn1ncc(=O)c2ccccc21)NC1CCCCCC1. The van der Waals surface area contributed by atoms with Crippen LogP contribution in [0.2, 0.25) is 0 Å². The van der Waals surface area contributed by atoms with Crippen molar-refractivity contribution in [2.24, 2.45) is 0 Å². The van der Waals surface area contributed by atoms with Gasteiger partial charge in [0.15, 0.2) is 6.61 Å². The maximum atomic E-state index is 12.0. The van der Waals surface area contributed by atoms with Gasteiger partial charge in [-0.25, -0.2) is 0 Å². The van der Waals surface area contributed by atoms with Crippen molar-refractivity contribution >= 4 is 22.8 Å². The average Bonchev–Trinajstić information content (AvgIpc) is 2.95. The van der Waals surface area contributed by atoms with E-state index in [2.05, 4.69) is 10.4 Å². The van der Waals surface area contributed by atoms with Crippen molar-refractivity contribution in [2.45, 2.75) is 57.5 Å². The van der Waals surface area contributed by atoms with Crippen molar-refractivity contribution in [1.82, 2.24) is 15.1 Å².